The molecule has 0 spiro atoms. The van der Waals surface area contributed by atoms with Gasteiger partial charge < -0.3 is 11.1 Å². The van der Waals surface area contributed by atoms with E-state index in [0.29, 0.717) is 18.9 Å². The predicted octanol–water partition coefficient (Wildman–Crippen LogP) is 2.26. The van der Waals surface area contributed by atoms with Gasteiger partial charge in [0.1, 0.15) is 0 Å². The van der Waals surface area contributed by atoms with E-state index in [-0.39, 0.29) is 18.9 Å². The van der Waals surface area contributed by atoms with Gasteiger partial charge in [0.2, 0.25) is 5.91 Å². The average Bonchev–Trinajstić information content (AvgIpc) is 3.25. The summed E-state index contributed by atoms with van der Waals surface area (Å²) in [5.41, 5.74) is 3.86. The lowest BCUT2D eigenvalue weighted by atomic mass is 10.1. The van der Waals surface area contributed by atoms with Gasteiger partial charge in [-0.3, -0.25) is 4.79 Å². The van der Waals surface area contributed by atoms with Crippen molar-refractivity contribution < 1.29 is 26.4 Å². The van der Waals surface area contributed by atoms with Crippen LogP contribution in [0.25, 0.3) is 0 Å². The Labute approximate surface area is 144 Å². The normalized spacial score (nSPS) is 17.2. The van der Waals surface area contributed by atoms with Crippen LogP contribution in [-0.4, -0.2) is 31.2 Å². The number of amides is 1. The maximum atomic E-state index is 12.8. The van der Waals surface area contributed by atoms with Gasteiger partial charge in [-0.1, -0.05) is 6.07 Å². The highest BCUT2D eigenvalue weighted by Gasteiger charge is 2.46. The number of sulfone groups is 1. The number of halogens is 3. The van der Waals surface area contributed by atoms with Crippen molar-refractivity contribution >= 4 is 15.7 Å². The average molecular weight is 378 g/mol. The molecule has 1 aliphatic rings. The van der Waals surface area contributed by atoms with Crippen molar-refractivity contribution in [2.75, 3.05) is 6.54 Å². The van der Waals surface area contributed by atoms with Gasteiger partial charge in [0.15, 0.2) is 9.84 Å². The molecule has 140 valence electrons. The number of hydrogen-bond donors (Lipinski definition) is 2. The van der Waals surface area contributed by atoms with Gasteiger partial charge in [-0.05, 0) is 51.3 Å². The first kappa shape index (κ1) is 19.7. The Morgan fingerprint density at radius 3 is 2.40 bits per heavy atom. The zero-order valence-electron chi connectivity index (χ0n) is 14.0. The van der Waals surface area contributed by atoms with Gasteiger partial charge in [-0.2, -0.15) is 13.2 Å². The van der Waals surface area contributed by atoms with Crippen LogP contribution < -0.4 is 11.1 Å². The highest BCUT2D eigenvalue weighted by Crippen LogP contribution is 2.34. The third-order valence-corrected chi connectivity index (χ3v) is 6.99. The van der Waals surface area contributed by atoms with Crippen molar-refractivity contribution in [1.82, 2.24) is 5.32 Å². The molecule has 0 aliphatic heterocycles. The highest BCUT2D eigenvalue weighted by atomic mass is 32.2. The summed E-state index contributed by atoms with van der Waals surface area (Å²) in [4.78, 5) is 11.4. The Hall–Kier alpha value is -1.61. The first-order chi connectivity index (χ1) is 11.3. The third-order valence-electron chi connectivity index (χ3n) is 4.45. The molecule has 9 heteroatoms. The number of nitrogens with two attached hydrogens (primary N) is 1. The Morgan fingerprint density at radius 1 is 1.28 bits per heavy atom. The smallest absolute Gasteiger partial charge is 0.354 e. The van der Waals surface area contributed by atoms with Crippen molar-refractivity contribution in [2.24, 2.45) is 5.73 Å². The lowest BCUT2D eigenvalue weighted by molar-refractivity contribution is -0.137. The summed E-state index contributed by atoms with van der Waals surface area (Å²) >= 11 is 0. The van der Waals surface area contributed by atoms with Gasteiger partial charge in [-0.25, -0.2) is 8.42 Å². The third kappa shape index (κ3) is 4.14. The molecular weight excluding hydrogens is 357 g/mol. The van der Waals surface area contributed by atoms with Crippen molar-refractivity contribution in [3.05, 3.63) is 29.8 Å². The van der Waals surface area contributed by atoms with E-state index in [1.165, 1.54) is 13.8 Å². The van der Waals surface area contributed by atoms with E-state index < -0.39 is 36.8 Å². The van der Waals surface area contributed by atoms with Crippen molar-refractivity contribution in [3.8, 4) is 0 Å². The summed E-state index contributed by atoms with van der Waals surface area (Å²) in [5.74, 6) is -0.334. The molecule has 0 bridgehead atoms. The Balaban J connectivity index is 2.12. The topological polar surface area (TPSA) is 89.3 Å². The van der Waals surface area contributed by atoms with Gasteiger partial charge in [0.05, 0.1) is 20.7 Å². The van der Waals surface area contributed by atoms with Crippen molar-refractivity contribution in [3.63, 3.8) is 0 Å². The molecular formula is C16H21F3N2O3S. The van der Waals surface area contributed by atoms with Gasteiger partial charge in [0.25, 0.3) is 0 Å². The summed E-state index contributed by atoms with van der Waals surface area (Å²) in [5, 5.41) is 2.59. The molecule has 3 N–H and O–H groups in total. The fourth-order valence-electron chi connectivity index (χ4n) is 2.31. The van der Waals surface area contributed by atoms with Crippen LogP contribution in [0.4, 0.5) is 13.2 Å². The largest absolute Gasteiger partial charge is 0.416 e. The van der Waals surface area contributed by atoms with Crippen molar-refractivity contribution in [1.29, 1.82) is 0 Å². The molecule has 1 aliphatic carbocycles. The Bertz CT molecular complexity index is 769. The number of carbonyl (C=O) groups excluding carboxylic acids is 1. The molecule has 0 saturated heterocycles. The van der Waals surface area contributed by atoms with E-state index in [4.69, 9.17) is 5.73 Å². The molecule has 0 aromatic heterocycles. The lowest BCUT2D eigenvalue weighted by Gasteiger charge is -2.25. The zero-order chi connectivity index (χ0) is 19.1. The Morgan fingerprint density at radius 2 is 1.88 bits per heavy atom. The molecule has 1 amide bonds. The van der Waals surface area contributed by atoms with Crippen LogP contribution in [-0.2, 0) is 20.8 Å². The maximum Gasteiger partial charge on any atom is 0.416 e. The fraction of sp³-hybridized carbons (Fsp3) is 0.562. The number of nitrogens with one attached hydrogen (secondary N) is 1. The molecule has 1 aromatic carbocycles. The highest BCUT2D eigenvalue weighted by molar-refractivity contribution is 7.92. The molecule has 2 rings (SSSR count). The summed E-state index contributed by atoms with van der Waals surface area (Å²) < 4.78 is 62.5. The maximum absolute atomic E-state index is 12.8. The minimum Gasteiger partial charge on any atom is -0.354 e. The van der Waals surface area contributed by atoms with E-state index in [0.717, 1.165) is 18.2 Å². The summed E-state index contributed by atoms with van der Waals surface area (Å²) in [6, 6.07) is 3.67. The van der Waals surface area contributed by atoms with E-state index >= 15 is 0 Å². The van der Waals surface area contributed by atoms with Gasteiger partial charge in [0, 0.05) is 6.54 Å². The second-order valence-electron chi connectivity index (χ2n) is 6.95. The number of benzene rings is 1. The van der Waals surface area contributed by atoms with Crippen LogP contribution in [0.2, 0.25) is 0 Å². The van der Waals surface area contributed by atoms with E-state index in [2.05, 4.69) is 5.32 Å². The molecule has 5 nitrogen and oxygen atoms in total. The van der Waals surface area contributed by atoms with Crippen molar-refractivity contribution in [2.45, 2.75) is 54.5 Å². The molecule has 0 radical (unpaired) electrons. The van der Waals surface area contributed by atoms with Crippen LogP contribution in [0.3, 0.4) is 0 Å². The summed E-state index contributed by atoms with van der Waals surface area (Å²) in [6.07, 6.45) is -3.40. The zero-order valence-corrected chi connectivity index (χ0v) is 14.8. The first-order valence-electron chi connectivity index (χ1n) is 7.79. The SMILES string of the molecule is CC(C)(CCNC(=O)C1(N)CC1)S(=O)(=O)c1cccc(C(F)(F)F)c1. The minimum absolute atomic E-state index is 0.0490. The summed E-state index contributed by atoms with van der Waals surface area (Å²) in [6.45, 7) is 2.91. The number of rotatable bonds is 6. The first-order valence-corrected chi connectivity index (χ1v) is 9.27. The molecule has 0 heterocycles. The van der Waals surface area contributed by atoms with Crippen LogP contribution in [0.5, 0.6) is 0 Å². The number of carbonyl (C=O) groups is 1. The molecule has 1 saturated carbocycles. The molecule has 1 aromatic rings. The van der Waals surface area contributed by atoms with E-state index in [1.807, 2.05) is 0 Å². The fourth-order valence-corrected chi connectivity index (χ4v) is 3.86. The van der Waals surface area contributed by atoms with E-state index in [9.17, 15) is 26.4 Å². The molecule has 0 unspecified atom stereocenters. The molecule has 25 heavy (non-hydrogen) atoms. The molecule has 1 fully saturated rings. The van der Waals surface area contributed by atoms with E-state index in [1.54, 1.807) is 0 Å². The second kappa shape index (κ2) is 6.28. The predicted molar refractivity (Wildman–Crippen MR) is 86.5 cm³/mol. The van der Waals surface area contributed by atoms with Crippen LogP contribution in [0.1, 0.15) is 38.7 Å². The quantitative estimate of drug-likeness (QED) is 0.795. The lowest BCUT2D eigenvalue weighted by Crippen LogP contribution is -2.45. The number of hydrogen-bond acceptors (Lipinski definition) is 4. The van der Waals surface area contributed by atoms with Crippen LogP contribution in [0.15, 0.2) is 29.2 Å². The van der Waals surface area contributed by atoms with Gasteiger partial charge in [-0.15, -0.1) is 0 Å². The molecule has 0 atom stereocenters. The van der Waals surface area contributed by atoms with Gasteiger partial charge >= 0.3 is 6.18 Å². The Kier molecular flexibility index (Phi) is 4.95. The number of alkyl halides is 3. The summed E-state index contributed by atoms with van der Waals surface area (Å²) in [7, 11) is -4.02. The van der Waals surface area contributed by atoms with Crippen LogP contribution in [0, 0.1) is 0 Å². The second-order valence-corrected chi connectivity index (χ2v) is 9.53. The van der Waals surface area contributed by atoms with Crippen LogP contribution >= 0.6 is 0 Å². The standard InChI is InChI=1S/C16H21F3N2O3S/c1-14(2,8-9-21-13(22)15(20)6-7-15)25(23,24)12-5-3-4-11(10-12)16(17,18)19/h3-5,10H,6-9,20H2,1-2H3,(H,21,22). The minimum atomic E-state index is -4.62. The monoisotopic (exact) mass is 378 g/mol.